The third kappa shape index (κ3) is 7.74. The first kappa shape index (κ1) is 23.2. The van der Waals surface area contributed by atoms with E-state index in [0.29, 0.717) is 5.56 Å². The van der Waals surface area contributed by atoms with E-state index in [4.69, 9.17) is 0 Å². The molecule has 0 heterocycles. The number of carbonyl (C=O) groups is 2. The molecule has 2 aromatic rings. The fourth-order valence-electron chi connectivity index (χ4n) is 2.30. The average molecular weight is 434 g/mol. The van der Waals surface area contributed by atoms with Crippen LogP contribution in [0.15, 0.2) is 48.5 Å². The van der Waals surface area contributed by atoms with Gasteiger partial charge in [-0.25, -0.2) is 0 Å². The Kier molecular flexibility index (Phi) is 7.43. The van der Waals surface area contributed by atoms with Gasteiger partial charge in [-0.1, -0.05) is 24.3 Å². The molecule has 0 saturated heterocycles. The normalized spacial score (nSPS) is 11.8. The SMILES string of the molecule is O=C(Nc1ccccc1C(=O)NCC(F)(F)F)c1ccc(COCC(F)(F)F)cc1. The molecule has 2 amide bonds. The van der Waals surface area contributed by atoms with Gasteiger partial charge < -0.3 is 15.4 Å². The van der Waals surface area contributed by atoms with Gasteiger partial charge in [0.05, 0.1) is 17.9 Å². The van der Waals surface area contributed by atoms with Gasteiger partial charge in [0.25, 0.3) is 11.8 Å². The Bertz CT molecular complexity index is 879. The quantitative estimate of drug-likeness (QED) is 0.639. The lowest BCUT2D eigenvalue weighted by atomic mass is 10.1. The Hall–Kier alpha value is -3.08. The molecule has 0 aliphatic rings. The Morgan fingerprint density at radius 1 is 0.833 bits per heavy atom. The molecule has 0 aromatic heterocycles. The first-order valence-corrected chi connectivity index (χ1v) is 8.43. The summed E-state index contributed by atoms with van der Waals surface area (Å²) in [6.45, 7) is -3.22. The highest BCUT2D eigenvalue weighted by atomic mass is 19.4. The molecule has 30 heavy (non-hydrogen) atoms. The van der Waals surface area contributed by atoms with Gasteiger partial charge in [0.15, 0.2) is 0 Å². The number of rotatable bonds is 7. The van der Waals surface area contributed by atoms with Crippen molar-refractivity contribution in [2.45, 2.75) is 19.0 Å². The standard InChI is InChI=1S/C19H16F6N2O3/c20-18(21,22)10-26-17(29)14-3-1-2-4-15(14)27-16(28)13-7-5-12(6-8-13)9-30-11-19(23,24)25/h1-8H,9-11H2,(H,26,29)(H,27,28). The number of hydrogen-bond donors (Lipinski definition) is 2. The summed E-state index contributed by atoms with van der Waals surface area (Å²) in [6, 6.07) is 11.0. The lowest BCUT2D eigenvalue weighted by molar-refractivity contribution is -0.176. The van der Waals surface area contributed by atoms with Crippen LogP contribution < -0.4 is 10.6 Å². The van der Waals surface area contributed by atoms with Gasteiger partial charge in [-0.05, 0) is 29.8 Å². The summed E-state index contributed by atoms with van der Waals surface area (Å²) in [5.74, 6) is -1.67. The number of benzene rings is 2. The van der Waals surface area contributed by atoms with E-state index in [-0.39, 0.29) is 23.4 Å². The van der Waals surface area contributed by atoms with Crippen LogP contribution in [-0.2, 0) is 11.3 Å². The van der Waals surface area contributed by atoms with Crippen LogP contribution in [-0.4, -0.2) is 37.3 Å². The maximum absolute atomic E-state index is 12.4. The van der Waals surface area contributed by atoms with Crippen LogP contribution in [0.25, 0.3) is 0 Å². The number of para-hydroxylation sites is 1. The predicted octanol–water partition coefficient (Wildman–Crippen LogP) is 4.31. The number of hydrogen-bond acceptors (Lipinski definition) is 3. The van der Waals surface area contributed by atoms with Crippen LogP contribution in [0.1, 0.15) is 26.3 Å². The Balaban J connectivity index is 2.01. The number of ether oxygens (including phenoxy) is 1. The average Bonchev–Trinajstić information content (AvgIpc) is 2.65. The van der Waals surface area contributed by atoms with Crippen molar-refractivity contribution in [1.82, 2.24) is 5.32 Å². The van der Waals surface area contributed by atoms with Crippen LogP contribution >= 0.6 is 0 Å². The molecule has 0 aliphatic carbocycles. The first-order chi connectivity index (χ1) is 13.9. The fraction of sp³-hybridized carbons (Fsp3) is 0.263. The summed E-state index contributed by atoms with van der Waals surface area (Å²) in [4.78, 5) is 24.3. The predicted molar refractivity (Wildman–Crippen MR) is 94.9 cm³/mol. The minimum Gasteiger partial charge on any atom is -0.367 e. The first-order valence-electron chi connectivity index (χ1n) is 8.43. The zero-order valence-electron chi connectivity index (χ0n) is 15.2. The molecule has 0 spiro atoms. The summed E-state index contributed by atoms with van der Waals surface area (Å²) in [5.41, 5.74) is 0.370. The van der Waals surface area contributed by atoms with Crippen LogP contribution in [0.4, 0.5) is 32.0 Å². The molecule has 0 unspecified atom stereocenters. The van der Waals surface area contributed by atoms with Gasteiger partial charge in [0.1, 0.15) is 13.2 Å². The molecule has 2 rings (SSSR count). The van der Waals surface area contributed by atoms with Gasteiger partial charge in [-0.15, -0.1) is 0 Å². The van der Waals surface area contributed by atoms with Gasteiger partial charge in [-0.2, -0.15) is 26.3 Å². The number of anilines is 1. The second-order valence-electron chi connectivity index (χ2n) is 6.10. The van der Waals surface area contributed by atoms with E-state index in [0.717, 1.165) is 0 Å². The van der Waals surface area contributed by atoms with Crippen molar-refractivity contribution in [1.29, 1.82) is 0 Å². The number of amides is 2. The van der Waals surface area contributed by atoms with E-state index < -0.39 is 37.3 Å². The summed E-state index contributed by atoms with van der Waals surface area (Å²) >= 11 is 0. The highest BCUT2D eigenvalue weighted by Crippen LogP contribution is 2.19. The Morgan fingerprint density at radius 3 is 2.07 bits per heavy atom. The summed E-state index contributed by atoms with van der Waals surface area (Å²) < 4.78 is 77.6. The zero-order valence-corrected chi connectivity index (χ0v) is 15.2. The maximum atomic E-state index is 12.4. The molecule has 11 heteroatoms. The van der Waals surface area contributed by atoms with Crippen molar-refractivity contribution in [3.05, 3.63) is 65.2 Å². The molecule has 0 aliphatic heterocycles. The smallest absolute Gasteiger partial charge is 0.367 e. The molecule has 5 nitrogen and oxygen atoms in total. The molecule has 0 bridgehead atoms. The second kappa shape index (κ2) is 9.61. The van der Waals surface area contributed by atoms with Crippen LogP contribution in [0.2, 0.25) is 0 Å². The van der Waals surface area contributed by atoms with Crippen molar-refractivity contribution in [3.63, 3.8) is 0 Å². The van der Waals surface area contributed by atoms with Gasteiger partial charge >= 0.3 is 12.4 Å². The van der Waals surface area contributed by atoms with E-state index in [1.807, 2.05) is 0 Å². The minimum atomic E-state index is -4.58. The molecule has 0 saturated carbocycles. The highest BCUT2D eigenvalue weighted by molar-refractivity contribution is 6.09. The molecular formula is C19H16F6N2O3. The number of carbonyl (C=O) groups excluding carboxylic acids is 2. The van der Waals surface area contributed by atoms with Gasteiger partial charge in [0.2, 0.25) is 0 Å². The van der Waals surface area contributed by atoms with Crippen molar-refractivity contribution < 1.29 is 40.7 Å². The van der Waals surface area contributed by atoms with E-state index in [1.54, 1.807) is 5.32 Å². The molecule has 2 N–H and O–H groups in total. The van der Waals surface area contributed by atoms with E-state index in [1.165, 1.54) is 48.5 Å². The monoisotopic (exact) mass is 434 g/mol. The van der Waals surface area contributed by atoms with Crippen molar-refractivity contribution in [2.24, 2.45) is 0 Å². The zero-order chi connectivity index (χ0) is 22.4. The Labute approximate surface area is 167 Å². The third-order valence-corrected chi connectivity index (χ3v) is 3.62. The lowest BCUT2D eigenvalue weighted by Crippen LogP contribution is -2.34. The number of nitrogens with one attached hydrogen (secondary N) is 2. The topological polar surface area (TPSA) is 67.4 Å². The lowest BCUT2D eigenvalue weighted by Gasteiger charge is -2.13. The van der Waals surface area contributed by atoms with E-state index in [2.05, 4.69) is 10.1 Å². The third-order valence-electron chi connectivity index (χ3n) is 3.62. The van der Waals surface area contributed by atoms with Gasteiger partial charge in [0, 0.05) is 5.56 Å². The largest absolute Gasteiger partial charge is 0.411 e. The molecule has 0 atom stereocenters. The van der Waals surface area contributed by atoms with Crippen molar-refractivity contribution in [3.8, 4) is 0 Å². The number of halogens is 6. The maximum Gasteiger partial charge on any atom is 0.411 e. The minimum absolute atomic E-state index is 0.000221. The van der Waals surface area contributed by atoms with Crippen LogP contribution in [0.3, 0.4) is 0 Å². The molecule has 162 valence electrons. The second-order valence-corrected chi connectivity index (χ2v) is 6.10. The summed E-state index contributed by atoms with van der Waals surface area (Å²) in [6.07, 6.45) is -9.03. The summed E-state index contributed by atoms with van der Waals surface area (Å²) in [5, 5.41) is 4.15. The van der Waals surface area contributed by atoms with E-state index >= 15 is 0 Å². The van der Waals surface area contributed by atoms with Crippen molar-refractivity contribution in [2.75, 3.05) is 18.5 Å². The van der Waals surface area contributed by atoms with Gasteiger partial charge in [-0.3, -0.25) is 9.59 Å². The molecule has 0 fully saturated rings. The molecule has 2 aromatic carbocycles. The highest BCUT2D eigenvalue weighted by Gasteiger charge is 2.28. The van der Waals surface area contributed by atoms with Crippen LogP contribution in [0.5, 0.6) is 0 Å². The fourth-order valence-corrected chi connectivity index (χ4v) is 2.30. The Morgan fingerprint density at radius 2 is 1.47 bits per heavy atom. The molecule has 0 radical (unpaired) electrons. The van der Waals surface area contributed by atoms with Crippen LogP contribution in [0, 0.1) is 0 Å². The van der Waals surface area contributed by atoms with Crippen molar-refractivity contribution >= 4 is 17.5 Å². The number of alkyl halides is 6. The molecular weight excluding hydrogens is 418 g/mol. The summed E-state index contributed by atoms with van der Waals surface area (Å²) in [7, 11) is 0. The van der Waals surface area contributed by atoms with E-state index in [9.17, 15) is 35.9 Å².